The Hall–Kier alpha value is -8.23. The monoisotopic (exact) mass is 1250 g/mol. The van der Waals surface area contributed by atoms with Gasteiger partial charge < -0.3 is 24.0 Å². The number of hydrogen-bond acceptors (Lipinski definition) is 7. The van der Waals surface area contributed by atoms with Crippen LogP contribution in [0.5, 0.6) is 0 Å². The summed E-state index contributed by atoms with van der Waals surface area (Å²) in [7, 11) is 0. The zero-order valence-electron chi connectivity index (χ0n) is 57.5. The van der Waals surface area contributed by atoms with Gasteiger partial charge >= 0.3 is 0 Å². The fourth-order valence-corrected chi connectivity index (χ4v) is 18.0. The average Bonchev–Trinajstić information content (AvgIpc) is 1.59. The summed E-state index contributed by atoms with van der Waals surface area (Å²) < 4.78 is 11.0. The number of furan rings is 1. The van der Waals surface area contributed by atoms with E-state index in [4.69, 9.17) is 4.42 Å². The summed E-state index contributed by atoms with van der Waals surface area (Å²) in [5.74, 6) is 0. The fourth-order valence-electron chi connectivity index (χ4n) is 15.2. The molecule has 4 aliphatic heterocycles. The van der Waals surface area contributed by atoms with Crippen molar-refractivity contribution >= 4 is 167 Å². The molecule has 16 rings (SSSR count). The molecule has 93 heavy (non-hydrogen) atoms. The van der Waals surface area contributed by atoms with Gasteiger partial charge in [0.1, 0.15) is 11.2 Å². The van der Waals surface area contributed by atoms with Crippen molar-refractivity contribution in [3.8, 4) is 0 Å². The Kier molecular flexibility index (Phi) is 12.9. The highest BCUT2D eigenvalue weighted by molar-refractivity contribution is 7.40. The molecule has 3 aromatic heterocycles. The molecule has 0 spiro atoms. The van der Waals surface area contributed by atoms with E-state index in [1.54, 1.807) is 0 Å². The highest BCUT2D eigenvalue weighted by Gasteiger charge is 2.54. The van der Waals surface area contributed by atoms with Gasteiger partial charge in [-0.1, -0.05) is 210 Å². The highest BCUT2D eigenvalue weighted by atomic mass is 32.1. The Morgan fingerprint density at radius 1 is 0.301 bits per heavy atom. The molecule has 0 bridgehead atoms. The van der Waals surface area contributed by atoms with E-state index in [1.807, 2.05) is 11.3 Å². The molecule has 0 amide bonds. The van der Waals surface area contributed by atoms with Crippen molar-refractivity contribution in [2.24, 2.45) is 0 Å². The molecule has 7 heterocycles. The van der Waals surface area contributed by atoms with E-state index < -0.39 is 0 Å². The number of rotatable bonds is 4. The first-order valence-corrected chi connectivity index (χ1v) is 35.2. The predicted octanol–water partition coefficient (Wildman–Crippen LogP) is 20.8. The van der Waals surface area contributed by atoms with Crippen LogP contribution in [0.15, 0.2) is 186 Å². The number of anilines is 12. The van der Waals surface area contributed by atoms with Crippen LogP contribution >= 0.6 is 22.7 Å². The average molecular weight is 1250 g/mol. The Morgan fingerprint density at radius 3 is 1.14 bits per heavy atom. The van der Waals surface area contributed by atoms with Crippen LogP contribution in [-0.2, 0) is 32.5 Å². The molecular formula is C84H84B2N4OS2. The molecular weight excluding hydrogens is 1170 g/mol. The van der Waals surface area contributed by atoms with Gasteiger partial charge in [-0.3, -0.25) is 0 Å². The molecule has 0 saturated carbocycles. The van der Waals surface area contributed by atoms with E-state index in [1.165, 1.54) is 125 Å². The van der Waals surface area contributed by atoms with Crippen molar-refractivity contribution in [1.29, 1.82) is 0 Å². The highest BCUT2D eigenvalue weighted by Crippen LogP contribution is 2.56. The minimum absolute atomic E-state index is 0.00147. The van der Waals surface area contributed by atoms with Crippen LogP contribution in [0.3, 0.4) is 0 Å². The van der Waals surface area contributed by atoms with Crippen LogP contribution in [0.2, 0.25) is 0 Å². The molecule has 0 atom stereocenters. The maximum Gasteiger partial charge on any atom is 0.266 e. The van der Waals surface area contributed by atoms with Crippen LogP contribution < -0.4 is 51.0 Å². The van der Waals surface area contributed by atoms with E-state index in [-0.39, 0.29) is 45.9 Å². The third kappa shape index (κ3) is 9.27. The summed E-state index contributed by atoms with van der Waals surface area (Å²) in [6.07, 6.45) is 0. The summed E-state index contributed by atoms with van der Waals surface area (Å²) in [5, 5.41) is 4.85. The molecule has 9 aromatic carbocycles. The van der Waals surface area contributed by atoms with Crippen LogP contribution in [0.25, 0.3) is 32.0 Å². The first kappa shape index (κ1) is 59.8. The number of hydrogen-bond donors (Lipinski definition) is 0. The van der Waals surface area contributed by atoms with Gasteiger partial charge in [-0.25, -0.2) is 0 Å². The standard InChI is InChI=1S/C84H84B2N4OS2/c1-79(2,3)49-27-35-55(36-28-49)87-63-47-61-59-23-19-21-25-68(59)91-69(61)48-62(63)85-72-64(87)43-53(83(13,14)15)44-65(72)88(56-37-29-50(30-38-56)80(4,5)6)74-75-77(93-76(74)85)86-71-60-24-20-22-26-70(60)92-78(71)90(58-41-33-52(34-42-58)82(10,11)12)67-46-54(84(16,17)18)45-66(73(67)86)89(75)57-39-31-51(32-40-57)81(7,8)9/h19-48H,1-18H3. The van der Waals surface area contributed by atoms with Crippen molar-refractivity contribution in [2.45, 2.75) is 157 Å². The van der Waals surface area contributed by atoms with Gasteiger partial charge in [0.2, 0.25) is 0 Å². The first-order valence-electron chi connectivity index (χ1n) is 33.5. The Balaban J connectivity index is 1.08. The Bertz CT molecular complexity index is 5040. The van der Waals surface area contributed by atoms with Crippen molar-refractivity contribution in [3.63, 3.8) is 0 Å². The summed E-state index contributed by atoms with van der Waals surface area (Å²) >= 11 is 4.00. The number of para-hydroxylation sites is 1. The zero-order chi connectivity index (χ0) is 65.1. The predicted molar refractivity (Wildman–Crippen MR) is 407 cm³/mol. The second-order valence-corrected chi connectivity index (χ2v) is 35.2. The quantitative estimate of drug-likeness (QED) is 0.164. The van der Waals surface area contributed by atoms with Crippen LogP contribution in [0.4, 0.5) is 67.6 Å². The van der Waals surface area contributed by atoms with E-state index in [0.717, 1.165) is 39.0 Å². The van der Waals surface area contributed by atoms with E-state index in [9.17, 15) is 0 Å². The minimum atomic E-state index is -0.221. The second kappa shape index (κ2) is 20.1. The maximum absolute atomic E-state index is 7.05. The van der Waals surface area contributed by atoms with E-state index >= 15 is 0 Å². The van der Waals surface area contributed by atoms with Crippen molar-refractivity contribution < 1.29 is 4.42 Å². The zero-order valence-corrected chi connectivity index (χ0v) is 59.1. The van der Waals surface area contributed by atoms with Gasteiger partial charge in [0.15, 0.2) is 0 Å². The molecule has 0 fully saturated rings. The summed E-state index contributed by atoms with van der Waals surface area (Å²) in [6, 6.07) is 71.3. The first-order chi connectivity index (χ1) is 43.9. The molecule has 4 aliphatic rings. The summed E-state index contributed by atoms with van der Waals surface area (Å²) in [4.78, 5) is 10.7. The maximum atomic E-state index is 7.05. The lowest BCUT2D eigenvalue weighted by atomic mass is 9.35. The Labute approximate surface area is 559 Å². The largest absolute Gasteiger partial charge is 0.456 e. The number of benzene rings is 9. The summed E-state index contributed by atoms with van der Waals surface area (Å²) in [6.45, 7) is 41.9. The lowest BCUT2D eigenvalue weighted by Gasteiger charge is -2.46. The van der Waals surface area contributed by atoms with Gasteiger partial charge in [0.25, 0.3) is 13.4 Å². The molecule has 9 heteroatoms. The number of thiophene rings is 2. The third-order valence-electron chi connectivity index (χ3n) is 20.6. The van der Waals surface area contributed by atoms with Gasteiger partial charge in [0.05, 0.1) is 16.4 Å². The smallest absolute Gasteiger partial charge is 0.266 e. The third-order valence-corrected chi connectivity index (χ3v) is 23.0. The number of nitrogens with zero attached hydrogens (tertiary/aromatic N) is 4. The number of fused-ring (bicyclic) bond motifs is 14. The van der Waals surface area contributed by atoms with Crippen LogP contribution in [0, 0.1) is 0 Å². The minimum Gasteiger partial charge on any atom is -0.456 e. The lowest BCUT2D eigenvalue weighted by molar-refractivity contribution is 0.589. The van der Waals surface area contributed by atoms with Gasteiger partial charge in [-0.2, -0.15) is 11.3 Å². The molecule has 0 saturated heterocycles. The Morgan fingerprint density at radius 2 is 0.677 bits per heavy atom. The van der Waals surface area contributed by atoms with Crippen molar-refractivity contribution in [2.75, 3.05) is 19.6 Å². The topological polar surface area (TPSA) is 26.1 Å². The van der Waals surface area contributed by atoms with Gasteiger partial charge in [-0.05, 0) is 190 Å². The molecule has 0 N–H and O–H groups in total. The van der Waals surface area contributed by atoms with Gasteiger partial charge in [0, 0.05) is 76.2 Å². The molecule has 0 unspecified atom stereocenters. The second-order valence-electron chi connectivity index (χ2n) is 33.1. The molecule has 0 aliphatic carbocycles. The van der Waals surface area contributed by atoms with Gasteiger partial charge in [-0.15, -0.1) is 11.3 Å². The van der Waals surface area contributed by atoms with E-state index in [2.05, 4.69) is 338 Å². The SMILES string of the molecule is CC(C)(C)c1ccc(N2c3cc4c(cc3B3c5sc6c(c5N(c5ccc(C(C)(C)C)cc5)c5cc(C(C)(C)C)cc2c53)N(c2ccc(C(C)(C)C)cc2)c2cc(C(C)(C)C)cc3c2B6c2c(sc5ccccc25)N3c2ccc(C(C)(C)C)cc2)oc2ccccc24)cc1. The fraction of sp³-hybridized carbons (Fsp3) is 0.286. The van der Waals surface area contributed by atoms with Crippen molar-refractivity contribution in [1.82, 2.24) is 0 Å². The normalized spacial score (nSPS) is 14.6. The molecule has 464 valence electrons. The summed E-state index contributed by atoms with van der Waals surface area (Å²) in [5.41, 5.74) is 27.5. The van der Waals surface area contributed by atoms with E-state index in [0.29, 0.717) is 0 Å². The van der Waals surface area contributed by atoms with Crippen LogP contribution in [-0.4, -0.2) is 13.4 Å². The molecule has 12 aromatic rings. The molecule has 5 nitrogen and oxygen atoms in total. The lowest BCUT2D eigenvalue weighted by Crippen LogP contribution is -2.60. The van der Waals surface area contributed by atoms with Crippen LogP contribution in [0.1, 0.15) is 158 Å². The molecule has 0 radical (unpaired) electrons. The van der Waals surface area contributed by atoms with Crippen molar-refractivity contribution in [3.05, 3.63) is 215 Å².